The minimum absolute atomic E-state index is 0.196. The number of hydrogen-bond donors (Lipinski definition) is 2. The van der Waals surface area contributed by atoms with E-state index < -0.39 is 0 Å². The number of nitrogens with one attached hydrogen (secondary N) is 1. The van der Waals surface area contributed by atoms with Crippen molar-refractivity contribution in [1.82, 2.24) is 9.97 Å². The fourth-order valence-electron chi connectivity index (χ4n) is 1.55. The van der Waals surface area contributed by atoms with Gasteiger partial charge in [0.1, 0.15) is 5.02 Å². The van der Waals surface area contributed by atoms with Crippen LogP contribution in [0.5, 0.6) is 0 Å². The monoisotopic (exact) mass is 248 g/mol. The van der Waals surface area contributed by atoms with E-state index in [9.17, 15) is 0 Å². The van der Waals surface area contributed by atoms with Gasteiger partial charge in [0.25, 0.3) is 0 Å². The zero-order valence-corrected chi connectivity index (χ0v) is 10.4. The maximum Gasteiger partial charge on any atom is 0.222 e. The lowest BCUT2D eigenvalue weighted by atomic mass is 10.1. The lowest BCUT2D eigenvalue weighted by Gasteiger charge is -2.10. The van der Waals surface area contributed by atoms with Crippen LogP contribution >= 0.6 is 11.6 Å². The van der Waals surface area contributed by atoms with Crippen LogP contribution in [0.1, 0.15) is 11.1 Å². The lowest BCUT2D eigenvalue weighted by Crippen LogP contribution is -2.01. The molecule has 0 unspecified atom stereocenters. The van der Waals surface area contributed by atoms with E-state index in [-0.39, 0.29) is 5.95 Å². The predicted molar refractivity (Wildman–Crippen MR) is 70.7 cm³/mol. The number of anilines is 3. The number of hydrogen-bond acceptors (Lipinski definition) is 4. The van der Waals surface area contributed by atoms with Crippen molar-refractivity contribution in [2.45, 2.75) is 13.8 Å². The highest BCUT2D eigenvalue weighted by Crippen LogP contribution is 2.25. The van der Waals surface area contributed by atoms with Gasteiger partial charge < -0.3 is 11.1 Å². The Bertz CT molecular complexity index is 554. The topological polar surface area (TPSA) is 63.8 Å². The minimum Gasteiger partial charge on any atom is -0.368 e. The molecule has 0 aliphatic carbocycles. The van der Waals surface area contributed by atoms with Crippen molar-refractivity contribution in [1.29, 1.82) is 0 Å². The van der Waals surface area contributed by atoms with Gasteiger partial charge in [0.05, 0.1) is 6.20 Å². The Labute approximate surface area is 105 Å². The van der Waals surface area contributed by atoms with E-state index in [0.29, 0.717) is 10.8 Å². The van der Waals surface area contributed by atoms with E-state index in [1.165, 1.54) is 11.8 Å². The van der Waals surface area contributed by atoms with Gasteiger partial charge in [0, 0.05) is 5.69 Å². The number of nitrogen functional groups attached to an aromatic ring is 1. The Kier molecular flexibility index (Phi) is 3.15. The highest BCUT2D eigenvalue weighted by molar-refractivity contribution is 6.32. The first-order valence-corrected chi connectivity index (χ1v) is 5.56. The van der Waals surface area contributed by atoms with E-state index >= 15 is 0 Å². The van der Waals surface area contributed by atoms with Crippen LogP contribution in [0.2, 0.25) is 5.02 Å². The van der Waals surface area contributed by atoms with Crippen molar-refractivity contribution < 1.29 is 0 Å². The molecule has 2 rings (SSSR count). The number of benzene rings is 1. The van der Waals surface area contributed by atoms with Crippen LogP contribution < -0.4 is 11.1 Å². The molecule has 1 aromatic heterocycles. The van der Waals surface area contributed by atoms with Gasteiger partial charge >= 0.3 is 0 Å². The van der Waals surface area contributed by atoms with Crippen LogP contribution in [0.4, 0.5) is 17.5 Å². The van der Waals surface area contributed by atoms with Gasteiger partial charge in [-0.3, -0.25) is 0 Å². The summed E-state index contributed by atoms with van der Waals surface area (Å²) in [6.07, 6.45) is 1.48. The van der Waals surface area contributed by atoms with Crippen LogP contribution in [-0.2, 0) is 0 Å². The van der Waals surface area contributed by atoms with Gasteiger partial charge in [-0.25, -0.2) is 4.98 Å². The molecule has 17 heavy (non-hydrogen) atoms. The van der Waals surface area contributed by atoms with Crippen molar-refractivity contribution in [3.63, 3.8) is 0 Å². The molecule has 4 nitrogen and oxygen atoms in total. The molecule has 0 atom stereocenters. The van der Waals surface area contributed by atoms with Crippen molar-refractivity contribution in [2.24, 2.45) is 0 Å². The van der Waals surface area contributed by atoms with Crippen molar-refractivity contribution in [3.05, 3.63) is 40.5 Å². The molecular formula is C12H13ClN4. The summed E-state index contributed by atoms with van der Waals surface area (Å²) in [7, 11) is 0. The average molecular weight is 249 g/mol. The zero-order valence-electron chi connectivity index (χ0n) is 9.66. The molecule has 5 heteroatoms. The fraction of sp³-hybridized carbons (Fsp3) is 0.167. The van der Waals surface area contributed by atoms with Crippen LogP contribution in [-0.4, -0.2) is 9.97 Å². The summed E-state index contributed by atoms with van der Waals surface area (Å²) in [4.78, 5) is 7.87. The van der Waals surface area contributed by atoms with Crippen molar-refractivity contribution in [2.75, 3.05) is 11.1 Å². The molecule has 3 N–H and O–H groups in total. The van der Waals surface area contributed by atoms with Crippen molar-refractivity contribution in [3.8, 4) is 0 Å². The molecule has 0 aliphatic rings. The van der Waals surface area contributed by atoms with E-state index in [1.807, 2.05) is 26.0 Å². The third kappa shape index (κ3) is 2.65. The Morgan fingerprint density at radius 3 is 2.76 bits per heavy atom. The molecule has 0 fully saturated rings. The number of rotatable bonds is 2. The standard InChI is InChI=1S/C12H13ClN4/c1-7-3-4-10(8(2)5-7)16-11-9(13)6-15-12(14)17-11/h3-6H,1-2H3,(H3,14,15,16,17). The van der Waals surface area contributed by atoms with E-state index in [1.54, 1.807) is 0 Å². The van der Waals surface area contributed by atoms with Crippen LogP contribution in [0.25, 0.3) is 0 Å². The lowest BCUT2D eigenvalue weighted by molar-refractivity contribution is 1.18. The third-order valence-corrected chi connectivity index (χ3v) is 2.67. The summed E-state index contributed by atoms with van der Waals surface area (Å²) < 4.78 is 0. The smallest absolute Gasteiger partial charge is 0.222 e. The molecule has 0 aliphatic heterocycles. The summed E-state index contributed by atoms with van der Waals surface area (Å²) in [5.74, 6) is 0.716. The second-order valence-corrected chi connectivity index (χ2v) is 4.28. The highest BCUT2D eigenvalue weighted by atomic mass is 35.5. The number of halogens is 1. The first kappa shape index (κ1) is 11.7. The number of aryl methyl sites for hydroxylation is 2. The van der Waals surface area contributed by atoms with Crippen molar-refractivity contribution >= 4 is 29.1 Å². The second-order valence-electron chi connectivity index (χ2n) is 3.87. The second kappa shape index (κ2) is 4.59. The quantitative estimate of drug-likeness (QED) is 0.857. The maximum atomic E-state index is 5.99. The Morgan fingerprint density at radius 2 is 2.06 bits per heavy atom. The molecule has 88 valence electrons. The first-order valence-electron chi connectivity index (χ1n) is 5.18. The predicted octanol–water partition coefficient (Wildman–Crippen LogP) is 3.07. The zero-order chi connectivity index (χ0) is 12.4. The van der Waals surface area contributed by atoms with Gasteiger partial charge in [0.2, 0.25) is 5.95 Å². The first-order chi connectivity index (χ1) is 8.06. The fourth-order valence-corrected chi connectivity index (χ4v) is 1.69. The van der Waals surface area contributed by atoms with Gasteiger partial charge in [-0.05, 0) is 25.5 Å². The van der Waals surface area contributed by atoms with Crippen LogP contribution in [0.3, 0.4) is 0 Å². The molecular weight excluding hydrogens is 236 g/mol. The third-order valence-electron chi connectivity index (χ3n) is 2.40. The van der Waals surface area contributed by atoms with E-state index in [2.05, 4.69) is 21.4 Å². The minimum atomic E-state index is 0.196. The average Bonchev–Trinajstić information content (AvgIpc) is 2.27. The summed E-state index contributed by atoms with van der Waals surface area (Å²) in [5.41, 5.74) is 8.81. The summed E-state index contributed by atoms with van der Waals surface area (Å²) in [6, 6.07) is 6.09. The number of nitrogens with two attached hydrogens (primary N) is 1. The van der Waals surface area contributed by atoms with Gasteiger partial charge in [-0.15, -0.1) is 0 Å². The molecule has 2 aromatic rings. The number of nitrogens with zero attached hydrogens (tertiary/aromatic N) is 2. The normalized spacial score (nSPS) is 10.3. The largest absolute Gasteiger partial charge is 0.368 e. The summed E-state index contributed by atoms with van der Waals surface area (Å²) in [5, 5.41) is 3.59. The molecule has 0 radical (unpaired) electrons. The molecule has 1 aromatic carbocycles. The highest BCUT2D eigenvalue weighted by Gasteiger charge is 2.05. The molecule has 0 saturated heterocycles. The maximum absolute atomic E-state index is 5.99. The van der Waals surface area contributed by atoms with Gasteiger partial charge in [-0.2, -0.15) is 4.98 Å². The number of aromatic nitrogens is 2. The molecule has 0 saturated carbocycles. The van der Waals surface area contributed by atoms with Gasteiger partial charge in [-0.1, -0.05) is 29.3 Å². The van der Waals surface area contributed by atoms with E-state index in [0.717, 1.165) is 11.3 Å². The Morgan fingerprint density at radius 1 is 1.29 bits per heavy atom. The SMILES string of the molecule is Cc1ccc(Nc2nc(N)ncc2Cl)c(C)c1. The van der Waals surface area contributed by atoms with E-state index in [4.69, 9.17) is 17.3 Å². The Balaban J connectivity index is 2.34. The van der Waals surface area contributed by atoms with Crippen LogP contribution in [0.15, 0.2) is 24.4 Å². The molecule has 1 heterocycles. The summed E-state index contributed by atoms with van der Waals surface area (Å²) >= 11 is 5.99. The molecule has 0 amide bonds. The molecule has 0 spiro atoms. The Hall–Kier alpha value is -1.81. The van der Waals surface area contributed by atoms with Crippen LogP contribution in [0, 0.1) is 13.8 Å². The molecule has 0 bridgehead atoms. The van der Waals surface area contributed by atoms with Gasteiger partial charge in [0.15, 0.2) is 5.82 Å². The summed E-state index contributed by atoms with van der Waals surface area (Å²) in [6.45, 7) is 4.07.